The van der Waals surface area contributed by atoms with Crippen molar-refractivity contribution in [2.24, 2.45) is 0 Å². The second-order valence-electron chi connectivity index (χ2n) is 6.14. The highest BCUT2D eigenvalue weighted by Crippen LogP contribution is 2.20. The van der Waals surface area contributed by atoms with Gasteiger partial charge >= 0.3 is 0 Å². The average Bonchev–Trinajstić information content (AvgIpc) is 2.25. The number of hydrogen-bond donors (Lipinski definition) is 2. The van der Waals surface area contributed by atoms with Crippen LogP contribution in [0.5, 0.6) is 0 Å². The van der Waals surface area contributed by atoms with Crippen molar-refractivity contribution in [1.29, 1.82) is 0 Å². The molecule has 0 spiro atoms. The Morgan fingerprint density at radius 1 is 1.47 bits per heavy atom. The minimum absolute atomic E-state index is 0.0467. The van der Waals surface area contributed by atoms with E-state index in [4.69, 9.17) is 0 Å². The summed E-state index contributed by atoms with van der Waals surface area (Å²) in [5, 5.41) is 12.8. The van der Waals surface area contributed by atoms with E-state index >= 15 is 0 Å². The topological polar surface area (TPSA) is 69.6 Å². The molecule has 0 aromatic rings. The first-order valence-corrected chi connectivity index (χ1v) is 9.64. The van der Waals surface area contributed by atoms with Crippen LogP contribution in [0.15, 0.2) is 0 Å². The molecule has 5 nitrogen and oxygen atoms in total. The molecule has 114 valence electrons. The molecule has 19 heavy (non-hydrogen) atoms. The van der Waals surface area contributed by atoms with Crippen molar-refractivity contribution in [2.45, 2.75) is 37.8 Å². The van der Waals surface area contributed by atoms with Crippen molar-refractivity contribution in [2.75, 3.05) is 37.4 Å². The average molecular weight is 310 g/mol. The Hall–Kier alpha value is 0.180. The molecule has 2 N–H and O–H groups in total. The highest BCUT2D eigenvalue weighted by Gasteiger charge is 2.32. The molecule has 1 aliphatic rings. The quantitative estimate of drug-likeness (QED) is 0.754. The lowest BCUT2D eigenvalue weighted by molar-refractivity contribution is 0.103. The third-order valence-corrected chi connectivity index (χ3v) is 5.68. The summed E-state index contributed by atoms with van der Waals surface area (Å²) in [5.41, 5.74) is -0.0467. The van der Waals surface area contributed by atoms with Crippen LogP contribution in [0.2, 0.25) is 0 Å². The summed E-state index contributed by atoms with van der Waals surface area (Å²) in [6, 6.07) is 0. The lowest BCUT2D eigenvalue weighted by Crippen LogP contribution is -2.52. The van der Waals surface area contributed by atoms with Crippen molar-refractivity contribution in [3.05, 3.63) is 0 Å². The highest BCUT2D eigenvalue weighted by molar-refractivity contribution is 8.00. The van der Waals surface area contributed by atoms with E-state index in [9.17, 15) is 13.5 Å². The molecule has 1 heterocycles. The van der Waals surface area contributed by atoms with Gasteiger partial charge in [0.05, 0.1) is 6.10 Å². The lowest BCUT2D eigenvalue weighted by Gasteiger charge is -2.35. The van der Waals surface area contributed by atoms with E-state index in [0.29, 0.717) is 18.8 Å². The van der Waals surface area contributed by atoms with Crippen LogP contribution in [0.4, 0.5) is 0 Å². The molecule has 2 atom stereocenters. The zero-order valence-corrected chi connectivity index (χ0v) is 13.9. The lowest BCUT2D eigenvalue weighted by atomic mass is 10.1. The Labute approximate surface area is 121 Å². The third-order valence-electron chi connectivity index (χ3n) is 3.00. The molecule has 0 bridgehead atoms. The maximum Gasteiger partial charge on any atom is 0.164 e. The van der Waals surface area contributed by atoms with Gasteiger partial charge in [0.2, 0.25) is 0 Å². The van der Waals surface area contributed by atoms with Gasteiger partial charge in [-0.05, 0) is 20.8 Å². The predicted molar refractivity (Wildman–Crippen MR) is 81.3 cm³/mol. The normalized spacial score (nSPS) is 24.4. The molecule has 1 saturated heterocycles. The standard InChI is InChI=1S/C12H26N2O3S2/c1-12(2,3)13-7-10(15)8-14-5-6-18-9-11(14)19(4,16)17/h10-11,13,15H,5-9H2,1-4H3. The second-order valence-corrected chi connectivity index (χ2v) is 9.49. The molecule has 2 unspecified atom stereocenters. The van der Waals surface area contributed by atoms with Gasteiger partial charge < -0.3 is 10.4 Å². The molecule has 0 aromatic carbocycles. The number of rotatable bonds is 5. The number of β-amino-alcohol motifs (C(OH)–C–C–N with tert-alkyl or cyclic N) is 1. The fourth-order valence-corrected chi connectivity index (χ4v) is 4.93. The molecule has 1 aliphatic heterocycles. The van der Waals surface area contributed by atoms with E-state index in [1.807, 2.05) is 25.7 Å². The van der Waals surface area contributed by atoms with E-state index in [1.54, 1.807) is 11.8 Å². The Kier molecular flexibility index (Phi) is 6.13. The number of nitrogens with zero attached hydrogens (tertiary/aromatic N) is 1. The molecule has 0 aromatic heterocycles. The van der Waals surface area contributed by atoms with Gasteiger partial charge in [-0.3, -0.25) is 4.90 Å². The van der Waals surface area contributed by atoms with Crippen molar-refractivity contribution >= 4 is 21.6 Å². The van der Waals surface area contributed by atoms with Gasteiger partial charge in [-0.2, -0.15) is 11.8 Å². The zero-order chi connectivity index (χ0) is 14.7. The van der Waals surface area contributed by atoms with Gasteiger partial charge in [-0.15, -0.1) is 0 Å². The van der Waals surface area contributed by atoms with Crippen LogP contribution >= 0.6 is 11.8 Å². The van der Waals surface area contributed by atoms with Gasteiger partial charge in [0.25, 0.3) is 0 Å². The minimum Gasteiger partial charge on any atom is -0.390 e. The summed E-state index contributed by atoms with van der Waals surface area (Å²) in [5.74, 6) is 1.52. The van der Waals surface area contributed by atoms with Crippen LogP contribution in [0, 0.1) is 0 Å². The number of thioether (sulfide) groups is 1. The van der Waals surface area contributed by atoms with Crippen LogP contribution in [0.3, 0.4) is 0 Å². The van der Waals surface area contributed by atoms with Crippen molar-refractivity contribution in [3.8, 4) is 0 Å². The third kappa shape index (κ3) is 6.44. The van der Waals surface area contributed by atoms with Gasteiger partial charge in [0, 0.05) is 42.9 Å². The van der Waals surface area contributed by atoms with E-state index < -0.39 is 21.3 Å². The van der Waals surface area contributed by atoms with E-state index in [0.717, 1.165) is 12.3 Å². The van der Waals surface area contributed by atoms with Crippen LogP contribution in [-0.4, -0.2) is 72.8 Å². The molecule has 1 rings (SSSR count). The van der Waals surface area contributed by atoms with Gasteiger partial charge in [0.1, 0.15) is 5.37 Å². The maximum atomic E-state index is 11.7. The maximum absolute atomic E-state index is 11.7. The van der Waals surface area contributed by atoms with Gasteiger partial charge in [-0.25, -0.2) is 8.42 Å². The van der Waals surface area contributed by atoms with Crippen LogP contribution < -0.4 is 5.32 Å². The number of aliphatic hydroxyl groups is 1. The van der Waals surface area contributed by atoms with Crippen LogP contribution in [0.25, 0.3) is 0 Å². The number of hydrogen-bond acceptors (Lipinski definition) is 6. The van der Waals surface area contributed by atoms with Crippen molar-refractivity contribution in [3.63, 3.8) is 0 Å². The fourth-order valence-electron chi connectivity index (χ4n) is 1.98. The molecular weight excluding hydrogens is 284 g/mol. The molecular formula is C12H26N2O3S2. The molecule has 0 radical (unpaired) electrons. The van der Waals surface area contributed by atoms with Crippen LogP contribution in [-0.2, 0) is 9.84 Å². The highest BCUT2D eigenvalue weighted by atomic mass is 32.2. The molecule has 7 heteroatoms. The monoisotopic (exact) mass is 310 g/mol. The zero-order valence-electron chi connectivity index (χ0n) is 12.2. The second kappa shape index (κ2) is 6.76. The first-order valence-electron chi connectivity index (χ1n) is 6.53. The summed E-state index contributed by atoms with van der Waals surface area (Å²) < 4.78 is 23.5. The SMILES string of the molecule is CC(C)(C)NCC(O)CN1CCSCC1S(C)(=O)=O. The summed E-state index contributed by atoms with van der Waals surface area (Å²) in [6.07, 6.45) is 0.725. The van der Waals surface area contributed by atoms with Crippen molar-refractivity contribution in [1.82, 2.24) is 10.2 Å². The fraction of sp³-hybridized carbons (Fsp3) is 1.00. The molecule has 0 aliphatic carbocycles. The van der Waals surface area contributed by atoms with E-state index in [1.165, 1.54) is 6.26 Å². The Balaban J connectivity index is 2.53. The Morgan fingerprint density at radius 3 is 2.63 bits per heavy atom. The number of nitrogens with one attached hydrogen (secondary N) is 1. The molecule has 1 fully saturated rings. The number of sulfone groups is 1. The van der Waals surface area contributed by atoms with E-state index in [2.05, 4.69) is 5.32 Å². The van der Waals surface area contributed by atoms with Gasteiger partial charge in [-0.1, -0.05) is 0 Å². The largest absolute Gasteiger partial charge is 0.390 e. The van der Waals surface area contributed by atoms with E-state index in [-0.39, 0.29) is 5.54 Å². The Bertz CT molecular complexity index is 379. The summed E-state index contributed by atoms with van der Waals surface area (Å²) >= 11 is 1.66. The molecule has 0 saturated carbocycles. The van der Waals surface area contributed by atoms with Crippen LogP contribution in [0.1, 0.15) is 20.8 Å². The first kappa shape index (κ1) is 17.2. The number of aliphatic hydroxyl groups excluding tert-OH is 1. The first-order chi connectivity index (χ1) is 8.59. The predicted octanol–water partition coefficient (Wildman–Crippen LogP) is 0.155. The summed E-state index contributed by atoms with van der Waals surface area (Å²) in [7, 11) is -3.09. The minimum atomic E-state index is -3.09. The smallest absolute Gasteiger partial charge is 0.164 e. The molecule has 0 amide bonds. The summed E-state index contributed by atoms with van der Waals surface area (Å²) in [4.78, 5) is 1.89. The Morgan fingerprint density at radius 2 is 2.11 bits per heavy atom. The van der Waals surface area contributed by atoms with Gasteiger partial charge in [0.15, 0.2) is 9.84 Å². The summed E-state index contributed by atoms with van der Waals surface area (Å²) in [6.45, 7) is 7.71. The van der Waals surface area contributed by atoms with Crippen molar-refractivity contribution < 1.29 is 13.5 Å².